The lowest BCUT2D eigenvalue weighted by Gasteiger charge is -2.33. The Labute approximate surface area is 128 Å². The molecule has 1 aromatic rings. The third kappa shape index (κ3) is 3.78. The zero-order valence-electron chi connectivity index (χ0n) is 13.7. The van der Waals surface area contributed by atoms with Crippen LogP contribution in [0.1, 0.15) is 44.2 Å². The molecule has 0 saturated carbocycles. The number of rotatable bonds is 4. The SMILES string of the molecule is CC[C@@H](Oc1cccc(C)c1C)C(=O)N1CCC(C)CC1. The lowest BCUT2D eigenvalue weighted by atomic mass is 9.98. The molecule has 0 N–H and O–H groups in total. The fourth-order valence-corrected chi connectivity index (χ4v) is 2.75. The number of hydrogen-bond acceptors (Lipinski definition) is 2. The van der Waals surface area contributed by atoms with E-state index >= 15 is 0 Å². The van der Waals surface area contributed by atoms with Crippen LogP contribution in [0.5, 0.6) is 5.75 Å². The lowest BCUT2D eigenvalue weighted by molar-refractivity contribution is -0.140. The van der Waals surface area contributed by atoms with Crippen molar-refractivity contribution in [2.24, 2.45) is 5.92 Å². The Morgan fingerprint density at radius 2 is 2.00 bits per heavy atom. The van der Waals surface area contributed by atoms with Gasteiger partial charge in [-0.05, 0) is 56.2 Å². The molecule has 1 aromatic carbocycles. The zero-order valence-corrected chi connectivity index (χ0v) is 13.7. The van der Waals surface area contributed by atoms with Gasteiger partial charge in [-0.25, -0.2) is 0 Å². The Morgan fingerprint density at radius 1 is 1.33 bits per heavy atom. The molecule has 21 heavy (non-hydrogen) atoms. The Balaban J connectivity index is 2.05. The summed E-state index contributed by atoms with van der Waals surface area (Å²) in [6.07, 6.45) is 2.55. The number of piperidine rings is 1. The number of aryl methyl sites for hydroxylation is 1. The molecule has 1 aliphatic rings. The van der Waals surface area contributed by atoms with E-state index in [1.54, 1.807) is 0 Å². The molecule has 2 rings (SSSR count). The van der Waals surface area contributed by atoms with Gasteiger partial charge in [0.1, 0.15) is 5.75 Å². The molecule has 1 heterocycles. The highest BCUT2D eigenvalue weighted by Gasteiger charge is 2.27. The number of ether oxygens (including phenoxy) is 1. The molecule has 0 aliphatic carbocycles. The number of benzene rings is 1. The highest BCUT2D eigenvalue weighted by molar-refractivity contribution is 5.81. The average Bonchev–Trinajstić information content (AvgIpc) is 2.49. The first kappa shape index (κ1) is 15.9. The largest absolute Gasteiger partial charge is 0.480 e. The van der Waals surface area contributed by atoms with Crippen molar-refractivity contribution in [1.29, 1.82) is 0 Å². The number of carbonyl (C=O) groups excluding carboxylic acids is 1. The maximum atomic E-state index is 12.6. The van der Waals surface area contributed by atoms with Crippen molar-refractivity contribution in [1.82, 2.24) is 4.90 Å². The van der Waals surface area contributed by atoms with Gasteiger partial charge in [-0.3, -0.25) is 4.79 Å². The van der Waals surface area contributed by atoms with Crippen LogP contribution in [0.2, 0.25) is 0 Å². The second-order valence-corrected chi connectivity index (χ2v) is 6.22. The molecule has 3 heteroatoms. The maximum absolute atomic E-state index is 12.6. The highest BCUT2D eigenvalue weighted by atomic mass is 16.5. The van der Waals surface area contributed by atoms with Gasteiger partial charge in [-0.15, -0.1) is 0 Å². The quantitative estimate of drug-likeness (QED) is 0.845. The summed E-state index contributed by atoms with van der Waals surface area (Å²) in [4.78, 5) is 14.6. The average molecular weight is 289 g/mol. The predicted molar refractivity (Wildman–Crippen MR) is 85.6 cm³/mol. The number of likely N-dealkylation sites (tertiary alicyclic amines) is 1. The first-order valence-electron chi connectivity index (χ1n) is 8.04. The number of carbonyl (C=O) groups is 1. The number of amides is 1. The predicted octanol–water partition coefficient (Wildman–Crippen LogP) is 3.72. The molecular weight excluding hydrogens is 262 g/mol. The van der Waals surface area contributed by atoms with Crippen molar-refractivity contribution in [3.8, 4) is 5.75 Å². The van der Waals surface area contributed by atoms with E-state index in [2.05, 4.69) is 19.9 Å². The van der Waals surface area contributed by atoms with Gasteiger partial charge < -0.3 is 9.64 Å². The van der Waals surface area contributed by atoms with Gasteiger partial charge in [-0.2, -0.15) is 0 Å². The molecule has 1 amide bonds. The third-order valence-corrected chi connectivity index (χ3v) is 4.57. The van der Waals surface area contributed by atoms with Crippen molar-refractivity contribution < 1.29 is 9.53 Å². The van der Waals surface area contributed by atoms with Crippen LogP contribution in [0.3, 0.4) is 0 Å². The second kappa shape index (κ2) is 6.97. The number of nitrogens with zero attached hydrogens (tertiary/aromatic N) is 1. The molecule has 0 unspecified atom stereocenters. The summed E-state index contributed by atoms with van der Waals surface area (Å²) in [5, 5.41) is 0. The smallest absolute Gasteiger partial charge is 0.263 e. The fraction of sp³-hybridized carbons (Fsp3) is 0.611. The van der Waals surface area contributed by atoms with E-state index in [0.717, 1.165) is 43.2 Å². The minimum absolute atomic E-state index is 0.144. The Hall–Kier alpha value is -1.51. The van der Waals surface area contributed by atoms with Crippen LogP contribution in [-0.2, 0) is 4.79 Å². The van der Waals surface area contributed by atoms with E-state index in [-0.39, 0.29) is 12.0 Å². The molecule has 0 aromatic heterocycles. The molecule has 1 atom stereocenters. The Bertz CT molecular complexity index is 490. The van der Waals surface area contributed by atoms with Crippen molar-refractivity contribution in [2.75, 3.05) is 13.1 Å². The van der Waals surface area contributed by atoms with Crippen LogP contribution in [0, 0.1) is 19.8 Å². The standard InChI is InChI=1S/C18H27NO2/c1-5-16(18(20)19-11-9-13(2)10-12-19)21-17-8-6-7-14(3)15(17)4/h6-8,13,16H,5,9-12H2,1-4H3/t16-/m1/s1. The molecule has 116 valence electrons. The van der Waals surface area contributed by atoms with Crippen LogP contribution in [0.4, 0.5) is 0 Å². The third-order valence-electron chi connectivity index (χ3n) is 4.57. The molecular formula is C18H27NO2. The van der Waals surface area contributed by atoms with E-state index < -0.39 is 0 Å². The van der Waals surface area contributed by atoms with Gasteiger partial charge in [0.05, 0.1) is 0 Å². The Kier molecular flexibility index (Phi) is 5.27. The van der Waals surface area contributed by atoms with Crippen LogP contribution in [0.15, 0.2) is 18.2 Å². The van der Waals surface area contributed by atoms with Gasteiger partial charge >= 0.3 is 0 Å². The van der Waals surface area contributed by atoms with E-state index in [1.165, 1.54) is 5.56 Å². The van der Waals surface area contributed by atoms with Crippen LogP contribution in [-0.4, -0.2) is 30.0 Å². The topological polar surface area (TPSA) is 29.5 Å². The first-order chi connectivity index (χ1) is 10.0. The maximum Gasteiger partial charge on any atom is 0.263 e. The van der Waals surface area contributed by atoms with E-state index in [9.17, 15) is 4.79 Å². The molecule has 3 nitrogen and oxygen atoms in total. The molecule has 1 saturated heterocycles. The van der Waals surface area contributed by atoms with E-state index in [0.29, 0.717) is 6.42 Å². The van der Waals surface area contributed by atoms with Gasteiger partial charge in [0, 0.05) is 13.1 Å². The van der Waals surface area contributed by atoms with E-state index in [4.69, 9.17) is 4.74 Å². The molecule has 0 bridgehead atoms. The van der Waals surface area contributed by atoms with Gasteiger partial charge in [-0.1, -0.05) is 26.0 Å². The van der Waals surface area contributed by atoms with Crippen molar-refractivity contribution in [3.63, 3.8) is 0 Å². The first-order valence-corrected chi connectivity index (χ1v) is 8.04. The zero-order chi connectivity index (χ0) is 15.4. The Morgan fingerprint density at radius 3 is 2.62 bits per heavy atom. The fourth-order valence-electron chi connectivity index (χ4n) is 2.75. The van der Waals surface area contributed by atoms with Crippen LogP contribution >= 0.6 is 0 Å². The summed E-state index contributed by atoms with van der Waals surface area (Å²) >= 11 is 0. The minimum atomic E-state index is -0.362. The molecule has 0 radical (unpaired) electrons. The van der Waals surface area contributed by atoms with Crippen molar-refractivity contribution >= 4 is 5.91 Å². The summed E-state index contributed by atoms with van der Waals surface area (Å²) in [5.41, 5.74) is 2.32. The molecule has 0 spiro atoms. The van der Waals surface area contributed by atoms with Gasteiger partial charge in [0.2, 0.25) is 0 Å². The summed E-state index contributed by atoms with van der Waals surface area (Å²) in [6, 6.07) is 6.00. The summed E-state index contributed by atoms with van der Waals surface area (Å²) < 4.78 is 6.03. The summed E-state index contributed by atoms with van der Waals surface area (Å²) in [6.45, 7) is 10.1. The highest BCUT2D eigenvalue weighted by Crippen LogP contribution is 2.24. The van der Waals surface area contributed by atoms with Gasteiger partial charge in [0.25, 0.3) is 5.91 Å². The van der Waals surface area contributed by atoms with Crippen LogP contribution in [0.25, 0.3) is 0 Å². The molecule has 1 aliphatic heterocycles. The van der Waals surface area contributed by atoms with Crippen molar-refractivity contribution in [2.45, 2.75) is 53.1 Å². The molecule has 1 fully saturated rings. The number of hydrogen-bond donors (Lipinski definition) is 0. The second-order valence-electron chi connectivity index (χ2n) is 6.22. The monoisotopic (exact) mass is 289 g/mol. The van der Waals surface area contributed by atoms with E-state index in [1.807, 2.05) is 30.9 Å². The lowest BCUT2D eigenvalue weighted by Crippen LogP contribution is -2.45. The summed E-state index contributed by atoms with van der Waals surface area (Å²) in [7, 11) is 0. The minimum Gasteiger partial charge on any atom is -0.480 e. The van der Waals surface area contributed by atoms with Gasteiger partial charge in [0.15, 0.2) is 6.10 Å². The normalized spacial score (nSPS) is 17.6. The van der Waals surface area contributed by atoms with Crippen LogP contribution < -0.4 is 4.74 Å². The van der Waals surface area contributed by atoms with Crippen molar-refractivity contribution in [3.05, 3.63) is 29.3 Å². The summed E-state index contributed by atoms with van der Waals surface area (Å²) in [5.74, 6) is 1.71.